The Morgan fingerprint density at radius 2 is 0.917 bits per heavy atom. The lowest BCUT2D eigenvalue weighted by Crippen LogP contribution is -2.39. The Morgan fingerprint density at radius 1 is 0.583 bits per heavy atom. The lowest BCUT2D eigenvalue weighted by molar-refractivity contribution is -0.231. The van der Waals surface area contributed by atoms with Gasteiger partial charge in [-0.3, -0.25) is 0 Å². The van der Waals surface area contributed by atoms with Crippen LogP contribution in [0, 0.1) is 11.3 Å². The Labute approximate surface area is 149 Å². The number of halogens is 3. The molecule has 0 aliphatic carbocycles. The third-order valence-corrected chi connectivity index (χ3v) is 5.56. The number of unbranched alkanes of at least 4 members (excludes halogenated alkanes) is 10. The predicted molar refractivity (Wildman–Crippen MR) is 99.3 cm³/mol. The molecule has 0 aliphatic heterocycles. The van der Waals surface area contributed by atoms with Crippen molar-refractivity contribution in [3.05, 3.63) is 0 Å². The molecule has 0 aromatic rings. The zero-order chi connectivity index (χ0) is 18.5. The molecule has 0 unspecified atom stereocenters. The van der Waals surface area contributed by atoms with Crippen LogP contribution in [0.15, 0.2) is 0 Å². The molecule has 0 heterocycles. The molecule has 0 aromatic heterocycles. The molecule has 0 amide bonds. The first kappa shape index (κ1) is 23.8. The van der Waals surface area contributed by atoms with Gasteiger partial charge in [0.1, 0.15) is 0 Å². The van der Waals surface area contributed by atoms with E-state index in [0.29, 0.717) is 0 Å². The van der Waals surface area contributed by atoms with Crippen LogP contribution in [0.2, 0.25) is 0 Å². The number of hydrogen-bond donors (Lipinski definition) is 0. The zero-order valence-corrected chi connectivity index (χ0v) is 16.6. The van der Waals surface area contributed by atoms with Crippen LogP contribution in [-0.2, 0) is 0 Å². The van der Waals surface area contributed by atoms with Gasteiger partial charge in [-0.1, -0.05) is 105 Å². The van der Waals surface area contributed by atoms with Crippen molar-refractivity contribution in [3.63, 3.8) is 0 Å². The second kappa shape index (κ2) is 13.1. The second-order valence-electron chi connectivity index (χ2n) is 8.03. The summed E-state index contributed by atoms with van der Waals surface area (Å²) in [5, 5.41) is 0. The van der Waals surface area contributed by atoms with E-state index in [1.54, 1.807) is 0 Å². The van der Waals surface area contributed by atoms with Crippen LogP contribution in [0.4, 0.5) is 13.2 Å². The number of rotatable bonds is 15. The summed E-state index contributed by atoms with van der Waals surface area (Å²) in [5.41, 5.74) is -1.56. The van der Waals surface area contributed by atoms with E-state index in [-0.39, 0.29) is 5.92 Å². The van der Waals surface area contributed by atoms with Crippen molar-refractivity contribution in [2.45, 2.75) is 124 Å². The highest BCUT2D eigenvalue weighted by molar-refractivity contribution is 4.85. The first-order chi connectivity index (χ1) is 11.3. The summed E-state index contributed by atoms with van der Waals surface area (Å²) in [6, 6.07) is 0. The standard InChI is InChI=1S/C21H41F3/c1-5-7-9-11-13-15-17-19(20(3,4)21(22,23)24)18-16-14-12-10-8-6-2/h19H,5-18H2,1-4H3. The van der Waals surface area contributed by atoms with E-state index in [1.807, 2.05) is 0 Å². The van der Waals surface area contributed by atoms with Crippen molar-refractivity contribution >= 4 is 0 Å². The van der Waals surface area contributed by atoms with E-state index in [0.717, 1.165) is 38.5 Å². The maximum atomic E-state index is 13.4. The van der Waals surface area contributed by atoms with Crippen LogP contribution in [-0.4, -0.2) is 6.18 Å². The Balaban J connectivity index is 4.30. The van der Waals surface area contributed by atoms with Crippen LogP contribution in [0.25, 0.3) is 0 Å². The fourth-order valence-corrected chi connectivity index (χ4v) is 3.44. The average molecular weight is 351 g/mol. The second-order valence-corrected chi connectivity index (χ2v) is 8.03. The maximum Gasteiger partial charge on any atom is 0.394 e. The molecule has 146 valence electrons. The summed E-state index contributed by atoms with van der Waals surface area (Å²) in [4.78, 5) is 0. The van der Waals surface area contributed by atoms with Gasteiger partial charge in [0.2, 0.25) is 0 Å². The zero-order valence-electron chi connectivity index (χ0n) is 16.6. The Hall–Kier alpha value is -0.210. The van der Waals surface area contributed by atoms with Gasteiger partial charge in [0.25, 0.3) is 0 Å². The lowest BCUT2D eigenvalue weighted by atomic mass is 9.73. The fraction of sp³-hybridized carbons (Fsp3) is 1.00. The minimum absolute atomic E-state index is 0.227. The number of alkyl halides is 3. The van der Waals surface area contributed by atoms with Crippen LogP contribution >= 0.6 is 0 Å². The Kier molecular flexibility index (Phi) is 12.9. The molecular formula is C21H41F3. The van der Waals surface area contributed by atoms with E-state index in [4.69, 9.17) is 0 Å². The molecule has 0 saturated carbocycles. The van der Waals surface area contributed by atoms with Gasteiger partial charge in [0, 0.05) is 0 Å². The summed E-state index contributed by atoms with van der Waals surface area (Å²) in [6.45, 7) is 7.18. The van der Waals surface area contributed by atoms with Crippen molar-refractivity contribution in [2.24, 2.45) is 11.3 Å². The molecule has 0 saturated heterocycles. The summed E-state index contributed by atoms with van der Waals surface area (Å²) < 4.78 is 40.3. The molecule has 3 heteroatoms. The average Bonchev–Trinajstić information content (AvgIpc) is 2.50. The van der Waals surface area contributed by atoms with Crippen LogP contribution in [0.5, 0.6) is 0 Å². The minimum Gasteiger partial charge on any atom is -0.171 e. The molecule has 0 N–H and O–H groups in total. The molecule has 0 bridgehead atoms. The van der Waals surface area contributed by atoms with Gasteiger partial charge in [0.05, 0.1) is 5.41 Å². The highest BCUT2D eigenvalue weighted by atomic mass is 19.4. The molecule has 24 heavy (non-hydrogen) atoms. The largest absolute Gasteiger partial charge is 0.394 e. The molecule has 0 nitrogen and oxygen atoms in total. The SMILES string of the molecule is CCCCCCCCC(CCCCCCCC)C(C)(C)C(F)(F)F. The molecule has 0 aromatic carbocycles. The molecule has 0 rings (SSSR count). The van der Waals surface area contributed by atoms with E-state index >= 15 is 0 Å². The van der Waals surface area contributed by atoms with Crippen molar-refractivity contribution in [1.29, 1.82) is 0 Å². The summed E-state index contributed by atoms with van der Waals surface area (Å²) >= 11 is 0. The smallest absolute Gasteiger partial charge is 0.171 e. The van der Waals surface area contributed by atoms with Crippen molar-refractivity contribution < 1.29 is 13.2 Å². The van der Waals surface area contributed by atoms with Crippen molar-refractivity contribution in [3.8, 4) is 0 Å². The first-order valence-corrected chi connectivity index (χ1v) is 10.3. The van der Waals surface area contributed by atoms with Gasteiger partial charge >= 0.3 is 6.18 Å². The summed E-state index contributed by atoms with van der Waals surface area (Å²) in [5.74, 6) is -0.227. The monoisotopic (exact) mass is 350 g/mol. The van der Waals surface area contributed by atoms with Gasteiger partial charge in [-0.05, 0) is 18.8 Å². The Morgan fingerprint density at radius 3 is 1.25 bits per heavy atom. The van der Waals surface area contributed by atoms with Gasteiger partial charge in [0.15, 0.2) is 0 Å². The molecule has 0 atom stereocenters. The van der Waals surface area contributed by atoms with E-state index < -0.39 is 11.6 Å². The molecule has 0 radical (unpaired) electrons. The van der Waals surface area contributed by atoms with Crippen molar-refractivity contribution in [1.82, 2.24) is 0 Å². The Bertz CT molecular complexity index is 265. The topological polar surface area (TPSA) is 0 Å². The normalized spacial score (nSPS) is 13.0. The maximum absolute atomic E-state index is 13.4. The van der Waals surface area contributed by atoms with Crippen LogP contribution in [0.3, 0.4) is 0 Å². The first-order valence-electron chi connectivity index (χ1n) is 10.3. The minimum atomic E-state index is -4.10. The van der Waals surface area contributed by atoms with Crippen LogP contribution < -0.4 is 0 Å². The molecular weight excluding hydrogens is 309 g/mol. The fourth-order valence-electron chi connectivity index (χ4n) is 3.44. The summed E-state index contributed by atoms with van der Waals surface area (Å²) in [7, 11) is 0. The highest BCUT2D eigenvalue weighted by Gasteiger charge is 2.51. The number of hydrogen-bond acceptors (Lipinski definition) is 0. The van der Waals surface area contributed by atoms with Gasteiger partial charge < -0.3 is 0 Å². The highest BCUT2D eigenvalue weighted by Crippen LogP contribution is 2.47. The third-order valence-electron chi connectivity index (χ3n) is 5.56. The third kappa shape index (κ3) is 9.93. The van der Waals surface area contributed by atoms with Gasteiger partial charge in [-0.25, -0.2) is 0 Å². The lowest BCUT2D eigenvalue weighted by Gasteiger charge is -2.36. The molecule has 0 fully saturated rings. The van der Waals surface area contributed by atoms with Crippen LogP contribution in [0.1, 0.15) is 118 Å². The molecule has 0 aliphatic rings. The van der Waals surface area contributed by atoms with E-state index in [2.05, 4.69) is 13.8 Å². The van der Waals surface area contributed by atoms with Gasteiger partial charge in [-0.2, -0.15) is 13.2 Å². The van der Waals surface area contributed by atoms with E-state index in [9.17, 15) is 13.2 Å². The quantitative estimate of drug-likeness (QED) is 0.259. The van der Waals surface area contributed by atoms with E-state index in [1.165, 1.54) is 65.2 Å². The summed E-state index contributed by atoms with van der Waals surface area (Å²) in [6.07, 6.45) is 11.1. The van der Waals surface area contributed by atoms with Crippen molar-refractivity contribution in [2.75, 3.05) is 0 Å². The molecule has 0 spiro atoms. The van der Waals surface area contributed by atoms with Gasteiger partial charge in [-0.15, -0.1) is 0 Å². The predicted octanol–water partition coefficient (Wildman–Crippen LogP) is 8.69.